The zero-order chi connectivity index (χ0) is 30.5. The standard InChI is InChI=1S/2C15H20N4O2/c2*16-10-2-4-14(12(18)8-10)20-6-1-7-21-15-5-3-11(17)9-13(15)19/h2*2-5,8-9H,1,6-7,16-19H2. The molecule has 4 rings (SSSR count). The molecule has 0 heterocycles. The summed E-state index contributed by atoms with van der Waals surface area (Å²) in [6, 6.07) is 20.7. The van der Waals surface area contributed by atoms with Crippen LogP contribution in [-0.2, 0) is 0 Å². The van der Waals surface area contributed by atoms with Crippen LogP contribution in [0.25, 0.3) is 0 Å². The number of hydrogen-bond acceptors (Lipinski definition) is 12. The van der Waals surface area contributed by atoms with Crippen molar-refractivity contribution in [3.8, 4) is 23.0 Å². The first-order valence-electron chi connectivity index (χ1n) is 13.2. The molecule has 0 aliphatic carbocycles. The van der Waals surface area contributed by atoms with Crippen LogP contribution in [0, 0.1) is 0 Å². The summed E-state index contributed by atoms with van der Waals surface area (Å²) < 4.78 is 22.3. The molecule has 42 heavy (non-hydrogen) atoms. The van der Waals surface area contributed by atoms with Gasteiger partial charge in [-0.2, -0.15) is 0 Å². The fraction of sp³-hybridized carbons (Fsp3) is 0.200. The number of rotatable bonds is 12. The van der Waals surface area contributed by atoms with Crippen LogP contribution in [0.4, 0.5) is 45.5 Å². The number of anilines is 8. The number of hydrogen-bond donors (Lipinski definition) is 8. The molecule has 0 radical (unpaired) electrons. The molecule has 16 N–H and O–H groups in total. The van der Waals surface area contributed by atoms with E-state index in [1.54, 1.807) is 72.8 Å². The van der Waals surface area contributed by atoms with Gasteiger partial charge in [-0.15, -0.1) is 0 Å². The lowest BCUT2D eigenvalue weighted by Crippen LogP contribution is -2.07. The summed E-state index contributed by atoms with van der Waals surface area (Å²) >= 11 is 0. The zero-order valence-corrected chi connectivity index (χ0v) is 23.4. The molecule has 12 heteroatoms. The van der Waals surface area contributed by atoms with Crippen LogP contribution < -0.4 is 64.8 Å². The van der Waals surface area contributed by atoms with Gasteiger partial charge in [-0.3, -0.25) is 0 Å². The number of benzene rings is 4. The van der Waals surface area contributed by atoms with Gasteiger partial charge in [0.1, 0.15) is 23.0 Å². The number of nitrogen functional groups attached to an aromatic ring is 8. The highest BCUT2D eigenvalue weighted by molar-refractivity contribution is 5.62. The summed E-state index contributed by atoms with van der Waals surface area (Å²) in [4.78, 5) is 0. The lowest BCUT2D eigenvalue weighted by atomic mass is 10.2. The third kappa shape index (κ3) is 9.90. The molecular formula is C30H40N8O4. The second-order valence-electron chi connectivity index (χ2n) is 9.29. The molecule has 4 aromatic rings. The van der Waals surface area contributed by atoms with Gasteiger partial charge < -0.3 is 64.8 Å². The van der Waals surface area contributed by atoms with Gasteiger partial charge in [0, 0.05) is 35.6 Å². The highest BCUT2D eigenvalue weighted by Crippen LogP contribution is 2.26. The van der Waals surface area contributed by atoms with Gasteiger partial charge >= 0.3 is 0 Å². The Hall–Kier alpha value is -5.52. The number of nitrogens with two attached hydrogens (primary N) is 8. The van der Waals surface area contributed by atoms with E-state index in [2.05, 4.69) is 0 Å². The Morgan fingerprint density at radius 2 is 0.548 bits per heavy atom. The molecule has 0 saturated carbocycles. The van der Waals surface area contributed by atoms with Crippen molar-refractivity contribution in [2.75, 3.05) is 72.3 Å². The van der Waals surface area contributed by atoms with Crippen LogP contribution >= 0.6 is 0 Å². The van der Waals surface area contributed by atoms with E-state index in [-0.39, 0.29) is 0 Å². The Balaban J connectivity index is 0.000000230. The minimum absolute atomic E-state index is 0.489. The van der Waals surface area contributed by atoms with Gasteiger partial charge in [-0.25, -0.2) is 0 Å². The quantitative estimate of drug-likeness (QED) is 0.0887. The molecule has 0 fully saturated rings. The minimum atomic E-state index is 0.489. The Kier molecular flexibility index (Phi) is 11.3. The van der Waals surface area contributed by atoms with E-state index < -0.39 is 0 Å². The molecule has 4 aromatic carbocycles. The van der Waals surface area contributed by atoms with E-state index in [1.165, 1.54) is 0 Å². The van der Waals surface area contributed by atoms with Crippen molar-refractivity contribution < 1.29 is 18.9 Å². The van der Waals surface area contributed by atoms with E-state index in [0.717, 1.165) is 0 Å². The van der Waals surface area contributed by atoms with Gasteiger partial charge in [0.25, 0.3) is 0 Å². The average Bonchev–Trinajstić information content (AvgIpc) is 2.93. The van der Waals surface area contributed by atoms with E-state index in [1.807, 2.05) is 0 Å². The summed E-state index contributed by atoms with van der Waals surface area (Å²) in [6.07, 6.45) is 1.40. The second-order valence-corrected chi connectivity index (χ2v) is 9.29. The molecule has 224 valence electrons. The maximum Gasteiger partial charge on any atom is 0.142 e. The third-order valence-electron chi connectivity index (χ3n) is 5.74. The topological polar surface area (TPSA) is 245 Å². The second kappa shape index (κ2) is 15.3. The lowest BCUT2D eigenvalue weighted by molar-refractivity contribution is 0.248. The molecule has 0 bridgehead atoms. The van der Waals surface area contributed by atoms with Gasteiger partial charge in [-0.1, -0.05) is 0 Å². The predicted molar refractivity (Wildman–Crippen MR) is 172 cm³/mol. The van der Waals surface area contributed by atoms with Crippen LogP contribution in [-0.4, -0.2) is 26.4 Å². The fourth-order valence-corrected chi connectivity index (χ4v) is 3.64. The maximum atomic E-state index is 5.80. The first-order chi connectivity index (χ1) is 20.1. The molecular weight excluding hydrogens is 536 g/mol. The summed E-state index contributed by atoms with van der Waals surface area (Å²) in [6.45, 7) is 1.96. The van der Waals surface area contributed by atoms with Crippen LogP contribution in [0.3, 0.4) is 0 Å². The summed E-state index contributed by atoms with van der Waals surface area (Å²) in [7, 11) is 0. The Bertz CT molecular complexity index is 1240. The largest absolute Gasteiger partial charge is 0.491 e. The molecule has 0 atom stereocenters. The highest BCUT2D eigenvalue weighted by Gasteiger charge is 2.04. The normalized spacial score (nSPS) is 10.3. The van der Waals surface area contributed by atoms with Crippen molar-refractivity contribution in [2.24, 2.45) is 0 Å². The Morgan fingerprint density at radius 3 is 0.738 bits per heavy atom. The Morgan fingerprint density at radius 1 is 0.333 bits per heavy atom. The fourth-order valence-electron chi connectivity index (χ4n) is 3.64. The van der Waals surface area contributed by atoms with E-state index in [4.69, 9.17) is 64.8 Å². The maximum absolute atomic E-state index is 5.80. The predicted octanol–water partition coefficient (Wildman–Crippen LogP) is 3.73. The van der Waals surface area contributed by atoms with Gasteiger partial charge in [0.05, 0.1) is 49.2 Å². The molecule has 0 amide bonds. The van der Waals surface area contributed by atoms with Gasteiger partial charge in [0.2, 0.25) is 0 Å². The molecule has 0 aliphatic rings. The van der Waals surface area contributed by atoms with Gasteiger partial charge in [-0.05, 0) is 72.8 Å². The third-order valence-corrected chi connectivity index (χ3v) is 5.74. The first kappa shape index (κ1) is 31.0. The molecule has 0 aromatic heterocycles. The minimum Gasteiger partial charge on any atom is -0.491 e. The van der Waals surface area contributed by atoms with Crippen molar-refractivity contribution in [1.82, 2.24) is 0 Å². The van der Waals surface area contributed by atoms with E-state index in [9.17, 15) is 0 Å². The lowest BCUT2D eigenvalue weighted by Gasteiger charge is -2.11. The molecule has 0 spiro atoms. The molecule has 0 aliphatic heterocycles. The van der Waals surface area contributed by atoms with Crippen molar-refractivity contribution in [2.45, 2.75) is 12.8 Å². The first-order valence-corrected chi connectivity index (χ1v) is 13.2. The van der Waals surface area contributed by atoms with Crippen LogP contribution in [0.15, 0.2) is 72.8 Å². The molecule has 0 unspecified atom stereocenters. The van der Waals surface area contributed by atoms with E-state index in [0.29, 0.717) is 108 Å². The molecule has 0 saturated heterocycles. The Labute approximate surface area is 245 Å². The SMILES string of the molecule is Nc1ccc(OCCCOc2ccc(N)cc2N)c(N)c1.Nc1ccc(OCCCOc2ccc(N)cc2N)c(N)c1. The summed E-state index contributed by atoms with van der Waals surface area (Å²) in [5.74, 6) is 2.49. The van der Waals surface area contributed by atoms with Crippen LogP contribution in [0.5, 0.6) is 23.0 Å². The van der Waals surface area contributed by atoms with Gasteiger partial charge in [0.15, 0.2) is 0 Å². The van der Waals surface area contributed by atoms with Crippen molar-refractivity contribution >= 4 is 45.5 Å². The van der Waals surface area contributed by atoms with Crippen molar-refractivity contribution in [3.63, 3.8) is 0 Å². The number of ether oxygens (including phenoxy) is 4. The van der Waals surface area contributed by atoms with E-state index >= 15 is 0 Å². The average molecular weight is 577 g/mol. The zero-order valence-electron chi connectivity index (χ0n) is 23.4. The highest BCUT2D eigenvalue weighted by atomic mass is 16.5. The monoisotopic (exact) mass is 576 g/mol. The summed E-state index contributed by atoms with van der Waals surface area (Å²) in [5, 5.41) is 0. The summed E-state index contributed by atoms with van der Waals surface area (Å²) in [5.41, 5.74) is 50.2. The van der Waals surface area contributed by atoms with Crippen LogP contribution in [0.2, 0.25) is 0 Å². The molecule has 12 nitrogen and oxygen atoms in total. The van der Waals surface area contributed by atoms with Crippen molar-refractivity contribution in [1.29, 1.82) is 0 Å². The van der Waals surface area contributed by atoms with Crippen molar-refractivity contribution in [3.05, 3.63) is 72.8 Å². The van der Waals surface area contributed by atoms with Crippen LogP contribution in [0.1, 0.15) is 12.8 Å². The smallest absolute Gasteiger partial charge is 0.142 e.